The molecule has 0 aromatic carbocycles. The van der Waals surface area contributed by atoms with E-state index in [1.165, 1.54) is 7.11 Å². The van der Waals surface area contributed by atoms with Crippen LogP contribution in [0.3, 0.4) is 0 Å². The Morgan fingerprint density at radius 3 is 2.76 bits per heavy atom. The van der Waals surface area contributed by atoms with Gasteiger partial charge in [-0.1, -0.05) is 5.11 Å². The first kappa shape index (κ1) is 16.0. The van der Waals surface area contributed by atoms with E-state index in [9.17, 15) is 9.90 Å². The molecule has 9 nitrogen and oxygen atoms in total. The first-order valence-electron chi connectivity index (χ1n) is 6.65. The van der Waals surface area contributed by atoms with Crippen molar-refractivity contribution in [1.82, 2.24) is 0 Å². The molecule has 118 valence electrons. The molecule has 9 heteroatoms. The van der Waals surface area contributed by atoms with E-state index in [2.05, 4.69) is 14.8 Å². The van der Waals surface area contributed by atoms with Gasteiger partial charge in [0.1, 0.15) is 18.3 Å². The van der Waals surface area contributed by atoms with Crippen LogP contribution in [-0.4, -0.2) is 61.0 Å². The molecule has 0 unspecified atom stereocenters. The van der Waals surface area contributed by atoms with Gasteiger partial charge in [0, 0.05) is 4.91 Å². The van der Waals surface area contributed by atoms with E-state index < -0.39 is 42.3 Å². The van der Waals surface area contributed by atoms with E-state index in [0.717, 1.165) is 0 Å². The van der Waals surface area contributed by atoms with Gasteiger partial charge < -0.3 is 24.1 Å². The minimum atomic E-state index is -1.03. The Balaban J connectivity index is 2.12. The maximum absolute atomic E-state index is 11.4. The van der Waals surface area contributed by atoms with Gasteiger partial charge in [-0.05, 0) is 19.4 Å². The molecule has 5 atom stereocenters. The Kier molecular flexibility index (Phi) is 4.70. The number of methoxy groups -OCH3 is 1. The zero-order valence-electron chi connectivity index (χ0n) is 12.1. The smallest absolute Gasteiger partial charge is 0.308 e. The van der Waals surface area contributed by atoms with Crippen LogP contribution in [-0.2, 0) is 23.7 Å². The van der Waals surface area contributed by atoms with E-state index in [1.807, 2.05) is 0 Å². The van der Waals surface area contributed by atoms with Crippen molar-refractivity contribution < 1.29 is 28.8 Å². The monoisotopic (exact) mass is 301 g/mol. The molecule has 21 heavy (non-hydrogen) atoms. The summed E-state index contributed by atoms with van der Waals surface area (Å²) < 4.78 is 21.8. The molecule has 0 radical (unpaired) electrons. The van der Waals surface area contributed by atoms with Crippen LogP contribution in [0.4, 0.5) is 0 Å². The zero-order chi connectivity index (χ0) is 15.6. The van der Waals surface area contributed by atoms with Gasteiger partial charge in [0.15, 0.2) is 5.79 Å². The number of carbonyl (C=O) groups is 1. The molecule has 0 aromatic heterocycles. The molecule has 0 amide bonds. The lowest BCUT2D eigenvalue weighted by Gasteiger charge is -2.25. The van der Waals surface area contributed by atoms with E-state index in [0.29, 0.717) is 0 Å². The maximum atomic E-state index is 11.4. The highest BCUT2D eigenvalue weighted by Crippen LogP contribution is 2.40. The molecule has 1 N–H and O–H groups in total. The van der Waals surface area contributed by atoms with E-state index in [-0.39, 0.29) is 13.0 Å². The van der Waals surface area contributed by atoms with Crippen molar-refractivity contribution in [2.24, 2.45) is 5.11 Å². The summed E-state index contributed by atoms with van der Waals surface area (Å²) >= 11 is 0. The van der Waals surface area contributed by atoms with Crippen LogP contribution < -0.4 is 0 Å². The third-order valence-electron chi connectivity index (χ3n) is 3.49. The highest BCUT2D eigenvalue weighted by molar-refractivity contribution is 5.70. The number of azide groups is 1. The van der Waals surface area contributed by atoms with Crippen molar-refractivity contribution in [3.63, 3.8) is 0 Å². The van der Waals surface area contributed by atoms with Gasteiger partial charge in [-0.25, -0.2) is 0 Å². The number of fused-ring (bicyclic) bond motifs is 1. The number of aliphatic hydroxyl groups is 1. The molecular weight excluding hydrogens is 282 g/mol. The minimum Gasteiger partial charge on any atom is -0.469 e. The second-order valence-corrected chi connectivity index (χ2v) is 5.46. The molecule has 0 aromatic rings. The topological polar surface area (TPSA) is 123 Å². The van der Waals surface area contributed by atoms with E-state index >= 15 is 0 Å². The van der Waals surface area contributed by atoms with Crippen molar-refractivity contribution in [1.29, 1.82) is 0 Å². The first-order valence-corrected chi connectivity index (χ1v) is 6.65. The molecule has 0 spiro atoms. The Bertz CT molecular complexity index is 450. The SMILES string of the molecule is COC(=O)C[C@@H]1O[C@H]([C@H](O)CN=[N+]=[N-])[C@@H]2OC(C)(C)O[C@@H]21. The Hall–Kier alpha value is -1.38. The fraction of sp³-hybridized carbons (Fsp3) is 0.917. The van der Waals surface area contributed by atoms with Gasteiger partial charge in [0.2, 0.25) is 0 Å². The minimum absolute atomic E-state index is 0.00183. The summed E-state index contributed by atoms with van der Waals surface area (Å²) in [6.07, 6.45) is -3.34. The van der Waals surface area contributed by atoms with Crippen molar-refractivity contribution in [2.75, 3.05) is 13.7 Å². The number of rotatable bonds is 5. The number of ether oxygens (including phenoxy) is 4. The number of nitrogens with zero attached hydrogens (tertiary/aromatic N) is 3. The molecule has 0 saturated carbocycles. The fourth-order valence-corrected chi connectivity index (χ4v) is 2.66. The third-order valence-corrected chi connectivity index (χ3v) is 3.49. The van der Waals surface area contributed by atoms with Crippen LogP contribution in [0.1, 0.15) is 20.3 Å². The quantitative estimate of drug-likeness (QED) is 0.341. The summed E-state index contributed by atoms with van der Waals surface area (Å²) in [6, 6.07) is 0. The lowest BCUT2D eigenvalue weighted by Crippen LogP contribution is -2.40. The second-order valence-electron chi connectivity index (χ2n) is 5.46. The summed E-state index contributed by atoms with van der Waals surface area (Å²) in [4.78, 5) is 14.0. The largest absolute Gasteiger partial charge is 0.469 e. The highest BCUT2D eigenvalue weighted by Gasteiger charge is 2.57. The number of hydrogen-bond donors (Lipinski definition) is 1. The van der Waals surface area contributed by atoms with Crippen LogP contribution in [0.5, 0.6) is 0 Å². The molecule has 2 saturated heterocycles. The van der Waals surface area contributed by atoms with Gasteiger partial charge >= 0.3 is 5.97 Å². The predicted octanol–water partition coefficient (Wildman–Crippen LogP) is 0.508. The molecule has 2 fully saturated rings. The Morgan fingerprint density at radius 2 is 2.14 bits per heavy atom. The van der Waals surface area contributed by atoms with Gasteiger partial charge in [-0.2, -0.15) is 0 Å². The highest BCUT2D eigenvalue weighted by atomic mass is 16.8. The first-order chi connectivity index (χ1) is 9.88. The molecule has 2 heterocycles. The summed E-state index contributed by atoms with van der Waals surface area (Å²) in [5.41, 5.74) is 8.32. The lowest BCUT2D eigenvalue weighted by atomic mass is 10.0. The Labute approximate surface area is 121 Å². The number of aliphatic hydroxyl groups excluding tert-OH is 1. The third kappa shape index (κ3) is 3.45. The fourth-order valence-electron chi connectivity index (χ4n) is 2.66. The van der Waals surface area contributed by atoms with E-state index in [4.69, 9.17) is 19.7 Å². The van der Waals surface area contributed by atoms with E-state index in [1.54, 1.807) is 13.8 Å². The molecule has 2 rings (SSSR count). The van der Waals surface area contributed by atoms with Gasteiger partial charge in [-0.15, -0.1) is 0 Å². The van der Waals surface area contributed by atoms with Crippen LogP contribution >= 0.6 is 0 Å². The average molecular weight is 301 g/mol. The van der Waals surface area contributed by atoms with Gasteiger partial charge in [0.25, 0.3) is 0 Å². The molecule has 0 aliphatic carbocycles. The van der Waals surface area contributed by atoms with Crippen molar-refractivity contribution in [2.45, 2.75) is 56.6 Å². The number of carbonyl (C=O) groups excluding carboxylic acids is 1. The standard InChI is InChI=1S/C12H19N3O6/c1-12(2)20-10-7(4-8(17)18-3)19-9(11(10)21-12)6(16)5-14-15-13/h6-7,9-11,16H,4-5H2,1-3H3/t6-,7+,9-,10-,11+/m1/s1. The zero-order valence-corrected chi connectivity index (χ0v) is 12.1. The summed E-state index contributed by atoms with van der Waals surface area (Å²) in [7, 11) is 1.29. The van der Waals surface area contributed by atoms with Crippen LogP contribution in [0, 0.1) is 0 Å². The predicted molar refractivity (Wildman–Crippen MR) is 69.1 cm³/mol. The average Bonchev–Trinajstić information content (AvgIpc) is 2.90. The maximum Gasteiger partial charge on any atom is 0.308 e. The molecule has 0 bridgehead atoms. The van der Waals surface area contributed by atoms with Crippen LogP contribution in [0.15, 0.2) is 5.11 Å². The molecule has 2 aliphatic rings. The number of hydrogen-bond acceptors (Lipinski definition) is 7. The summed E-state index contributed by atoms with van der Waals surface area (Å²) in [6.45, 7) is 3.36. The van der Waals surface area contributed by atoms with Crippen LogP contribution in [0.25, 0.3) is 10.4 Å². The van der Waals surface area contributed by atoms with Gasteiger partial charge in [0.05, 0.1) is 32.3 Å². The molecular formula is C12H19N3O6. The number of esters is 1. The summed E-state index contributed by atoms with van der Waals surface area (Å²) in [5.74, 6) is -1.26. The van der Waals surface area contributed by atoms with Crippen molar-refractivity contribution in [3.8, 4) is 0 Å². The molecule has 2 aliphatic heterocycles. The summed E-state index contributed by atoms with van der Waals surface area (Å²) in [5, 5.41) is 13.4. The normalized spacial score (nSPS) is 34.9. The van der Waals surface area contributed by atoms with Crippen molar-refractivity contribution in [3.05, 3.63) is 10.4 Å². The van der Waals surface area contributed by atoms with Crippen molar-refractivity contribution >= 4 is 5.97 Å². The van der Waals surface area contributed by atoms with Crippen LogP contribution in [0.2, 0.25) is 0 Å². The Morgan fingerprint density at radius 1 is 1.48 bits per heavy atom. The van der Waals surface area contributed by atoms with Gasteiger partial charge in [-0.3, -0.25) is 4.79 Å². The second kappa shape index (κ2) is 6.17. The lowest BCUT2D eigenvalue weighted by molar-refractivity contribution is -0.198.